The zero-order valence-corrected chi connectivity index (χ0v) is 11.9. The standard InChI is InChI=1S/C16H16N2O3/c1-11(2)16(20-10-19)9-14(18-21-16)15-13-6-4-3-5-12(13)7-8-17-15/h3-8,10-11H,9H2,1-2H3. The molecule has 0 saturated carbocycles. The van der Waals surface area contributed by atoms with Crippen molar-refractivity contribution in [2.24, 2.45) is 11.1 Å². The Bertz CT molecular complexity index is 706. The van der Waals surface area contributed by atoms with Crippen molar-refractivity contribution in [1.82, 2.24) is 4.98 Å². The fourth-order valence-corrected chi connectivity index (χ4v) is 2.50. The normalized spacial score (nSPS) is 21.2. The van der Waals surface area contributed by atoms with Crippen molar-refractivity contribution < 1.29 is 14.4 Å². The SMILES string of the molecule is CC(C)C1(OC=O)CC(c2nccc3ccccc23)=NO1. The minimum Gasteiger partial charge on any atom is -0.422 e. The van der Waals surface area contributed by atoms with Crippen LogP contribution in [-0.4, -0.2) is 23.0 Å². The quantitative estimate of drug-likeness (QED) is 0.810. The summed E-state index contributed by atoms with van der Waals surface area (Å²) in [5.74, 6) is -1.05. The van der Waals surface area contributed by atoms with E-state index in [4.69, 9.17) is 9.57 Å². The van der Waals surface area contributed by atoms with Gasteiger partial charge in [0.2, 0.25) is 0 Å². The van der Waals surface area contributed by atoms with Gasteiger partial charge in [0.15, 0.2) is 0 Å². The van der Waals surface area contributed by atoms with E-state index in [0.29, 0.717) is 18.6 Å². The Morgan fingerprint density at radius 3 is 2.90 bits per heavy atom. The van der Waals surface area contributed by atoms with Crippen molar-refractivity contribution in [2.45, 2.75) is 26.1 Å². The van der Waals surface area contributed by atoms with Crippen LogP contribution in [0.5, 0.6) is 0 Å². The second-order valence-electron chi connectivity index (χ2n) is 5.37. The molecule has 108 valence electrons. The van der Waals surface area contributed by atoms with Crippen LogP contribution in [0, 0.1) is 5.92 Å². The maximum absolute atomic E-state index is 10.8. The lowest BCUT2D eigenvalue weighted by Gasteiger charge is -2.27. The number of benzene rings is 1. The Kier molecular flexibility index (Phi) is 3.33. The van der Waals surface area contributed by atoms with E-state index in [2.05, 4.69) is 10.1 Å². The summed E-state index contributed by atoms with van der Waals surface area (Å²) in [5.41, 5.74) is 1.47. The highest BCUT2D eigenvalue weighted by Crippen LogP contribution is 2.35. The highest BCUT2D eigenvalue weighted by atomic mass is 16.8. The molecule has 0 fully saturated rings. The van der Waals surface area contributed by atoms with Crippen LogP contribution in [0.15, 0.2) is 41.7 Å². The van der Waals surface area contributed by atoms with Crippen LogP contribution in [0.25, 0.3) is 10.8 Å². The van der Waals surface area contributed by atoms with E-state index in [0.717, 1.165) is 16.5 Å². The predicted octanol–water partition coefficient (Wildman–Crippen LogP) is 2.88. The number of hydrogen-bond donors (Lipinski definition) is 0. The lowest BCUT2D eigenvalue weighted by atomic mass is 9.95. The lowest BCUT2D eigenvalue weighted by molar-refractivity contribution is -0.229. The van der Waals surface area contributed by atoms with E-state index in [-0.39, 0.29) is 5.92 Å². The van der Waals surface area contributed by atoms with Crippen LogP contribution >= 0.6 is 0 Å². The molecule has 0 amide bonds. The molecule has 0 bridgehead atoms. The van der Waals surface area contributed by atoms with E-state index in [1.165, 1.54) is 0 Å². The number of rotatable bonds is 4. The Morgan fingerprint density at radius 1 is 1.33 bits per heavy atom. The largest absolute Gasteiger partial charge is 0.422 e. The number of pyridine rings is 1. The molecule has 5 heteroatoms. The molecule has 1 aromatic heterocycles. The molecule has 1 unspecified atom stereocenters. The van der Waals surface area contributed by atoms with Crippen LogP contribution in [0.1, 0.15) is 26.0 Å². The molecular formula is C16H16N2O3. The molecule has 2 aromatic rings. The molecule has 5 nitrogen and oxygen atoms in total. The summed E-state index contributed by atoms with van der Waals surface area (Å²) in [4.78, 5) is 20.6. The summed E-state index contributed by atoms with van der Waals surface area (Å²) in [6, 6.07) is 9.91. The number of ether oxygens (including phenoxy) is 1. The summed E-state index contributed by atoms with van der Waals surface area (Å²) >= 11 is 0. The number of oxime groups is 1. The summed E-state index contributed by atoms with van der Waals surface area (Å²) in [5, 5.41) is 6.21. The zero-order chi connectivity index (χ0) is 14.9. The molecule has 21 heavy (non-hydrogen) atoms. The molecule has 2 heterocycles. The van der Waals surface area contributed by atoms with Gasteiger partial charge in [0, 0.05) is 17.5 Å². The number of carbonyl (C=O) groups is 1. The van der Waals surface area contributed by atoms with Crippen molar-refractivity contribution in [3.63, 3.8) is 0 Å². The molecule has 0 spiro atoms. The highest BCUT2D eigenvalue weighted by molar-refractivity contribution is 6.09. The van der Waals surface area contributed by atoms with E-state index in [9.17, 15) is 4.79 Å². The average molecular weight is 284 g/mol. The zero-order valence-electron chi connectivity index (χ0n) is 11.9. The Hall–Kier alpha value is -2.43. The van der Waals surface area contributed by atoms with Gasteiger partial charge in [0.05, 0.1) is 12.1 Å². The first-order chi connectivity index (χ1) is 10.2. The topological polar surface area (TPSA) is 60.8 Å². The van der Waals surface area contributed by atoms with Crippen LogP contribution in [0.3, 0.4) is 0 Å². The Balaban J connectivity index is 2.00. The van der Waals surface area contributed by atoms with Gasteiger partial charge in [0.1, 0.15) is 5.71 Å². The van der Waals surface area contributed by atoms with Gasteiger partial charge in [-0.25, -0.2) is 0 Å². The molecule has 0 radical (unpaired) electrons. The van der Waals surface area contributed by atoms with Gasteiger partial charge in [-0.3, -0.25) is 9.78 Å². The molecule has 0 N–H and O–H groups in total. The monoisotopic (exact) mass is 284 g/mol. The van der Waals surface area contributed by atoms with E-state index < -0.39 is 5.79 Å². The fraction of sp³-hybridized carbons (Fsp3) is 0.312. The number of fused-ring (bicyclic) bond motifs is 1. The maximum Gasteiger partial charge on any atom is 0.296 e. The smallest absolute Gasteiger partial charge is 0.296 e. The summed E-state index contributed by atoms with van der Waals surface area (Å²) in [7, 11) is 0. The van der Waals surface area contributed by atoms with Crippen molar-refractivity contribution in [2.75, 3.05) is 0 Å². The van der Waals surface area contributed by atoms with Crippen molar-refractivity contribution in [1.29, 1.82) is 0 Å². The predicted molar refractivity (Wildman–Crippen MR) is 78.7 cm³/mol. The van der Waals surface area contributed by atoms with E-state index in [1.807, 2.05) is 44.2 Å². The molecule has 1 aliphatic heterocycles. The summed E-state index contributed by atoms with van der Waals surface area (Å²) in [6.45, 7) is 4.27. The minimum absolute atomic E-state index is 0.0149. The number of carbonyl (C=O) groups excluding carboxylic acids is 1. The molecule has 1 aromatic carbocycles. The summed E-state index contributed by atoms with van der Waals surface area (Å²) < 4.78 is 5.17. The van der Waals surface area contributed by atoms with Gasteiger partial charge in [0.25, 0.3) is 12.3 Å². The van der Waals surface area contributed by atoms with Crippen LogP contribution in [-0.2, 0) is 14.4 Å². The van der Waals surface area contributed by atoms with Gasteiger partial charge in [-0.2, -0.15) is 0 Å². The second-order valence-corrected chi connectivity index (χ2v) is 5.37. The van der Waals surface area contributed by atoms with Gasteiger partial charge in [-0.05, 0) is 11.5 Å². The van der Waals surface area contributed by atoms with E-state index in [1.54, 1.807) is 6.20 Å². The third-order valence-electron chi connectivity index (χ3n) is 3.80. The van der Waals surface area contributed by atoms with Crippen molar-refractivity contribution >= 4 is 23.0 Å². The minimum atomic E-state index is -1.03. The lowest BCUT2D eigenvalue weighted by Crippen LogP contribution is -2.38. The number of aromatic nitrogens is 1. The van der Waals surface area contributed by atoms with Gasteiger partial charge >= 0.3 is 0 Å². The summed E-state index contributed by atoms with van der Waals surface area (Å²) in [6.07, 6.45) is 2.14. The van der Waals surface area contributed by atoms with Crippen LogP contribution < -0.4 is 0 Å². The second kappa shape index (κ2) is 5.16. The third kappa shape index (κ3) is 2.24. The van der Waals surface area contributed by atoms with Crippen LogP contribution in [0.2, 0.25) is 0 Å². The molecule has 1 atom stereocenters. The van der Waals surface area contributed by atoms with Crippen molar-refractivity contribution in [3.8, 4) is 0 Å². The molecular weight excluding hydrogens is 268 g/mol. The first-order valence-electron chi connectivity index (χ1n) is 6.87. The average Bonchev–Trinajstić information content (AvgIpc) is 2.92. The third-order valence-corrected chi connectivity index (χ3v) is 3.80. The number of nitrogens with zero attached hydrogens (tertiary/aromatic N) is 2. The number of hydrogen-bond acceptors (Lipinski definition) is 5. The first-order valence-corrected chi connectivity index (χ1v) is 6.87. The van der Waals surface area contributed by atoms with E-state index >= 15 is 0 Å². The van der Waals surface area contributed by atoms with Gasteiger partial charge in [-0.15, -0.1) is 0 Å². The Labute approximate surface area is 122 Å². The first kappa shape index (κ1) is 13.5. The van der Waals surface area contributed by atoms with Crippen molar-refractivity contribution in [3.05, 3.63) is 42.2 Å². The fourth-order valence-electron chi connectivity index (χ4n) is 2.50. The highest BCUT2D eigenvalue weighted by Gasteiger charge is 2.45. The maximum atomic E-state index is 10.8. The Morgan fingerprint density at radius 2 is 2.14 bits per heavy atom. The van der Waals surface area contributed by atoms with Gasteiger partial charge < -0.3 is 9.57 Å². The molecule has 1 aliphatic rings. The van der Waals surface area contributed by atoms with Gasteiger partial charge in [-0.1, -0.05) is 43.3 Å². The van der Waals surface area contributed by atoms with Crippen LogP contribution in [0.4, 0.5) is 0 Å². The molecule has 3 rings (SSSR count). The molecule has 0 aliphatic carbocycles. The molecule has 0 saturated heterocycles.